The molecule has 2 aromatic carbocycles. The number of rotatable bonds is 5. The Labute approximate surface area is 142 Å². The highest BCUT2D eigenvalue weighted by Crippen LogP contribution is 2.23. The molecule has 0 radical (unpaired) electrons. The summed E-state index contributed by atoms with van der Waals surface area (Å²) in [4.78, 5) is 23.3. The van der Waals surface area contributed by atoms with E-state index >= 15 is 0 Å². The Morgan fingerprint density at radius 1 is 1.25 bits per heavy atom. The molecule has 1 amide bonds. The summed E-state index contributed by atoms with van der Waals surface area (Å²) >= 11 is 5.63. The van der Waals surface area contributed by atoms with E-state index in [9.17, 15) is 14.0 Å². The van der Waals surface area contributed by atoms with Gasteiger partial charge in [-0.15, -0.1) is 0 Å². The van der Waals surface area contributed by atoms with E-state index in [2.05, 4.69) is 10.1 Å². The monoisotopic (exact) mass is 352 g/mol. The third-order valence-electron chi connectivity index (χ3n) is 3.00. The van der Waals surface area contributed by atoms with Crippen LogP contribution in [0.5, 0.6) is 5.75 Å². The van der Waals surface area contributed by atoms with Crippen LogP contribution >= 0.6 is 11.6 Å². The fourth-order valence-corrected chi connectivity index (χ4v) is 2.00. The van der Waals surface area contributed by atoms with Gasteiger partial charge in [0.2, 0.25) is 0 Å². The summed E-state index contributed by atoms with van der Waals surface area (Å²) in [5, 5.41) is 2.39. The number of nitrogen functional groups attached to an aromatic ring is 1. The van der Waals surface area contributed by atoms with Gasteiger partial charge in [0.15, 0.2) is 6.61 Å². The first-order valence-corrected chi connectivity index (χ1v) is 7.14. The van der Waals surface area contributed by atoms with Crippen LogP contribution in [-0.2, 0) is 9.53 Å². The largest absolute Gasteiger partial charge is 0.482 e. The molecule has 0 atom stereocenters. The van der Waals surface area contributed by atoms with Crippen LogP contribution in [0.4, 0.5) is 15.8 Å². The molecule has 0 saturated heterocycles. The molecule has 3 N–H and O–H groups in total. The number of hydrogen-bond acceptors (Lipinski definition) is 5. The molecule has 0 aliphatic rings. The maximum atomic E-state index is 13.1. The molecule has 0 spiro atoms. The Hall–Kier alpha value is -2.80. The van der Waals surface area contributed by atoms with Gasteiger partial charge in [-0.05, 0) is 36.4 Å². The Kier molecular flexibility index (Phi) is 5.59. The second-order valence-corrected chi connectivity index (χ2v) is 5.12. The maximum absolute atomic E-state index is 13.1. The van der Waals surface area contributed by atoms with Crippen molar-refractivity contribution in [2.24, 2.45) is 0 Å². The minimum absolute atomic E-state index is 0.108. The van der Waals surface area contributed by atoms with Crippen molar-refractivity contribution in [3.63, 3.8) is 0 Å². The van der Waals surface area contributed by atoms with E-state index in [1.807, 2.05) is 0 Å². The number of amides is 1. The van der Waals surface area contributed by atoms with E-state index in [1.165, 1.54) is 37.4 Å². The summed E-state index contributed by atoms with van der Waals surface area (Å²) in [6.07, 6.45) is 0. The fraction of sp³-hybridized carbons (Fsp3) is 0.125. The predicted molar refractivity (Wildman–Crippen MR) is 87.7 cm³/mol. The van der Waals surface area contributed by atoms with E-state index in [4.69, 9.17) is 22.1 Å². The van der Waals surface area contributed by atoms with Crippen molar-refractivity contribution in [1.82, 2.24) is 0 Å². The van der Waals surface area contributed by atoms with E-state index in [0.29, 0.717) is 5.69 Å². The van der Waals surface area contributed by atoms with Gasteiger partial charge in [0.05, 0.1) is 23.4 Å². The topological polar surface area (TPSA) is 90.7 Å². The fourth-order valence-electron chi connectivity index (χ4n) is 1.82. The van der Waals surface area contributed by atoms with Crippen molar-refractivity contribution in [2.75, 3.05) is 24.8 Å². The molecule has 2 aromatic rings. The lowest BCUT2D eigenvalue weighted by Crippen LogP contribution is -2.20. The number of carbonyl (C=O) groups excluding carboxylic acids is 2. The highest BCUT2D eigenvalue weighted by atomic mass is 35.5. The lowest BCUT2D eigenvalue weighted by molar-refractivity contribution is -0.118. The minimum atomic E-state index is -0.585. The van der Waals surface area contributed by atoms with Gasteiger partial charge < -0.3 is 20.5 Å². The second-order valence-electron chi connectivity index (χ2n) is 4.71. The number of halogens is 2. The Morgan fingerprint density at radius 3 is 2.67 bits per heavy atom. The summed E-state index contributed by atoms with van der Waals surface area (Å²) in [7, 11) is 1.25. The zero-order valence-electron chi connectivity index (χ0n) is 12.6. The number of benzene rings is 2. The summed E-state index contributed by atoms with van der Waals surface area (Å²) < 4.78 is 23.0. The molecule has 24 heavy (non-hydrogen) atoms. The van der Waals surface area contributed by atoms with Crippen LogP contribution in [0.3, 0.4) is 0 Å². The van der Waals surface area contributed by atoms with Crippen molar-refractivity contribution in [3.05, 3.63) is 52.8 Å². The first-order chi connectivity index (χ1) is 11.4. The first-order valence-electron chi connectivity index (χ1n) is 6.76. The van der Waals surface area contributed by atoms with Crippen molar-refractivity contribution >= 4 is 34.9 Å². The lowest BCUT2D eigenvalue weighted by atomic mass is 10.2. The van der Waals surface area contributed by atoms with Crippen molar-refractivity contribution in [3.8, 4) is 5.75 Å². The van der Waals surface area contributed by atoms with E-state index in [0.717, 1.165) is 6.07 Å². The molecular weight excluding hydrogens is 339 g/mol. The average molecular weight is 353 g/mol. The highest BCUT2D eigenvalue weighted by Gasteiger charge is 2.11. The Morgan fingerprint density at radius 2 is 2.00 bits per heavy atom. The zero-order chi connectivity index (χ0) is 17.7. The zero-order valence-corrected chi connectivity index (χ0v) is 13.4. The molecule has 126 valence electrons. The highest BCUT2D eigenvalue weighted by molar-refractivity contribution is 6.31. The third kappa shape index (κ3) is 4.36. The molecule has 0 unspecified atom stereocenters. The van der Waals surface area contributed by atoms with E-state index in [1.54, 1.807) is 0 Å². The lowest BCUT2D eigenvalue weighted by Gasteiger charge is -2.11. The number of nitrogens with two attached hydrogens (primary N) is 1. The van der Waals surface area contributed by atoms with Crippen LogP contribution in [0, 0.1) is 5.82 Å². The van der Waals surface area contributed by atoms with Crippen LogP contribution in [0.15, 0.2) is 36.4 Å². The number of anilines is 2. The number of methoxy groups -OCH3 is 1. The van der Waals surface area contributed by atoms with Gasteiger partial charge in [0, 0.05) is 5.69 Å². The number of nitrogens with one attached hydrogen (secondary N) is 1. The molecule has 6 nitrogen and oxygen atoms in total. The minimum Gasteiger partial charge on any atom is -0.482 e. The average Bonchev–Trinajstić information content (AvgIpc) is 2.56. The Balaban J connectivity index is 2.00. The van der Waals surface area contributed by atoms with Crippen molar-refractivity contribution in [2.45, 2.75) is 0 Å². The second kappa shape index (κ2) is 7.65. The molecule has 8 heteroatoms. The molecule has 0 aliphatic carbocycles. The number of hydrogen-bond donors (Lipinski definition) is 2. The van der Waals surface area contributed by atoms with Gasteiger partial charge in [-0.3, -0.25) is 4.79 Å². The van der Waals surface area contributed by atoms with Gasteiger partial charge in [-0.2, -0.15) is 0 Å². The van der Waals surface area contributed by atoms with Gasteiger partial charge in [-0.25, -0.2) is 9.18 Å². The smallest absolute Gasteiger partial charge is 0.337 e. The summed E-state index contributed by atoms with van der Waals surface area (Å²) in [5.41, 5.74) is 6.57. The van der Waals surface area contributed by atoms with E-state index < -0.39 is 17.7 Å². The summed E-state index contributed by atoms with van der Waals surface area (Å²) in [5.74, 6) is -1.46. The molecule has 0 heterocycles. The van der Waals surface area contributed by atoms with Crippen LogP contribution in [0.25, 0.3) is 0 Å². The molecular formula is C16H14ClFN2O4. The number of ether oxygens (including phenoxy) is 2. The summed E-state index contributed by atoms with van der Waals surface area (Å²) in [6, 6.07) is 8.11. The molecule has 2 rings (SSSR count). The van der Waals surface area contributed by atoms with Gasteiger partial charge in [0.1, 0.15) is 11.6 Å². The van der Waals surface area contributed by atoms with Gasteiger partial charge in [0.25, 0.3) is 5.91 Å². The molecule has 0 aliphatic heterocycles. The molecule has 0 bridgehead atoms. The number of esters is 1. The summed E-state index contributed by atoms with van der Waals surface area (Å²) in [6.45, 7) is -0.357. The Bertz CT molecular complexity index is 783. The maximum Gasteiger partial charge on any atom is 0.337 e. The normalized spacial score (nSPS) is 10.1. The molecule has 0 fully saturated rings. The predicted octanol–water partition coefficient (Wildman–Crippen LogP) is 2.87. The van der Waals surface area contributed by atoms with Crippen molar-refractivity contribution in [1.29, 1.82) is 0 Å². The molecule has 0 saturated carbocycles. The first kappa shape index (κ1) is 17.6. The van der Waals surface area contributed by atoms with Gasteiger partial charge in [-0.1, -0.05) is 11.6 Å². The SMILES string of the molecule is COC(=O)c1ccc(N)c(OCC(=O)Nc2ccc(F)c(Cl)c2)c1. The van der Waals surface area contributed by atoms with Crippen LogP contribution in [0.2, 0.25) is 5.02 Å². The van der Waals surface area contributed by atoms with Gasteiger partial charge >= 0.3 is 5.97 Å². The van der Waals surface area contributed by atoms with Crippen molar-refractivity contribution < 1.29 is 23.5 Å². The molecule has 0 aromatic heterocycles. The van der Waals surface area contributed by atoms with Crippen LogP contribution < -0.4 is 15.8 Å². The van der Waals surface area contributed by atoms with Crippen LogP contribution in [-0.4, -0.2) is 25.6 Å². The van der Waals surface area contributed by atoms with E-state index in [-0.39, 0.29) is 28.6 Å². The quantitative estimate of drug-likeness (QED) is 0.638. The number of carbonyl (C=O) groups is 2. The standard InChI is InChI=1S/C16H14ClFN2O4/c1-23-16(22)9-2-5-13(19)14(6-9)24-8-15(21)20-10-3-4-12(18)11(17)7-10/h2-7H,8,19H2,1H3,(H,20,21). The third-order valence-corrected chi connectivity index (χ3v) is 3.29. The van der Waals surface area contributed by atoms with Crippen LogP contribution in [0.1, 0.15) is 10.4 Å².